The van der Waals surface area contributed by atoms with Crippen molar-refractivity contribution in [3.8, 4) is 0 Å². The van der Waals surface area contributed by atoms with Crippen molar-refractivity contribution in [3.63, 3.8) is 0 Å². The zero-order valence-electron chi connectivity index (χ0n) is 6.28. The van der Waals surface area contributed by atoms with Crippen molar-refractivity contribution in [2.75, 3.05) is 13.2 Å². The Bertz CT molecular complexity index is 134. The number of aliphatic hydroxyl groups excluding tert-OH is 1. The average Bonchev–Trinajstić information content (AvgIpc) is 2.06. The number of aliphatic hydroxyl groups is 1. The number of ether oxygens (including phenoxy) is 2. The van der Waals surface area contributed by atoms with Gasteiger partial charge < -0.3 is 14.6 Å². The van der Waals surface area contributed by atoms with Crippen molar-refractivity contribution in [2.24, 2.45) is 0 Å². The lowest BCUT2D eigenvalue weighted by Gasteiger charge is -2.06. The van der Waals surface area contributed by atoms with Gasteiger partial charge >= 0.3 is 6.16 Å². The van der Waals surface area contributed by atoms with Crippen molar-refractivity contribution in [3.05, 3.63) is 0 Å². The standard InChI is InChI=1S/C7H12O4/c8-6-3-1-2-4-10-7(9)11-5-6/h6,8H,1-5H2. The van der Waals surface area contributed by atoms with Gasteiger partial charge in [-0.15, -0.1) is 0 Å². The molecule has 1 aliphatic heterocycles. The molecule has 0 aliphatic carbocycles. The summed E-state index contributed by atoms with van der Waals surface area (Å²) >= 11 is 0. The molecule has 0 aromatic rings. The van der Waals surface area contributed by atoms with Gasteiger partial charge in [-0.3, -0.25) is 0 Å². The predicted octanol–water partition coefficient (Wildman–Crippen LogP) is 0.684. The van der Waals surface area contributed by atoms with Crippen LogP contribution in [-0.4, -0.2) is 30.6 Å². The van der Waals surface area contributed by atoms with E-state index in [1.165, 1.54) is 0 Å². The minimum atomic E-state index is -0.675. The SMILES string of the molecule is O=C1OCCCCC(O)CO1. The van der Waals surface area contributed by atoms with E-state index < -0.39 is 12.3 Å². The van der Waals surface area contributed by atoms with E-state index >= 15 is 0 Å². The molecule has 1 saturated heterocycles. The average molecular weight is 160 g/mol. The zero-order chi connectivity index (χ0) is 8.10. The Labute approximate surface area is 65.1 Å². The van der Waals surface area contributed by atoms with Gasteiger partial charge in [0.2, 0.25) is 0 Å². The third-order valence-electron chi connectivity index (χ3n) is 1.55. The van der Waals surface area contributed by atoms with Gasteiger partial charge in [-0.2, -0.15) is 0 Å². The molecule has 1 atom stereocenters. The number of carbonyl (C=O) groups excluding carboxylic acids is 1. The second-order valence-corrected chi connectivity index (χ2v) is 2.56. The molecule has 0 aromatic carbocycles. The quantitative estimate of drug-likeness (QED) is 0.529. The van der Waals surface area contributed by atoms with E-state index in [-0.39, 0.29) is 6.61 Å². The third-order valence-corrected chi connectivity index (χ3v) is 1.55. The molecule has 1 rings (SSSR count). The third kappa shape index (κ3) is 3.23. The van der Waals surface area contributed by atoms with Gasteiger partial charge in [0.05, 0.1) is 12.7 Å². The second kappa shape index (κ2) is 4.18. The number of hydrogen-bond donors (Lipinski definition) is 1. The first-order valence-corrected chi connectivity index (χ1v) is 3.76. The van der Waals surface area contributed by atoms with Crippen LogP contribution in [0.25, 0.3) is 0 Å². The lowest BCUT2D eigenvalue weighted by atomic mass is 10.2. The summed E-state index contributed by atoms with van der Waals surface area (Å²) in [4.78, 5) is 10.6. The number of cyclic esters (lactones) is 2. The van der Waals surface area contributed by atoms with Crippen molar-refractivity contribution in [1.82, 2.24) is 0 Å². The van der Waals surface area contributed by atoms with Crippen LogP contribution in [0.5, 0.6) is 0 Å². The Kier molecular flexibility index (Phi) is 3.16. The molecule has 0 saturated carbocycles. The van der Waals surface area contributed by atoms with Crippen LogP contribution in [0.15, 0.2) is 0 Å². The minimum absolute atomic E-state index is 0.0544. The molecule has 64 valence electrons. The molecule has 0 radical (unpaired) electrons. The molecule has 0 bridgehead atoms. The zero-order valence-corrected chi connectivity index (χ0v) is 6.28. The van der Waals surface area contributed by atoms with E-state index in [1.54, 1.807) is 0 Å². The van der Waals surface area contributed by atoms with Gasteiger partial charge in [0.1, 0.15) is 6.61 Å². The largest absolute Gasteiger partial charge is 0.508 e. The highest BCUT2D eigenvalue weighted by Crippen LogP contribution is 2.05. The van der Waals surface area contributed by atoms with Crippen LogP contribution >= 0.6 is 0 Å². The summed E-state index contributed by atoms with van der Waals surface area (Å²) < 4.78 is 9.20. The Hall–Kier alpha value is -0.770. The maximum absolute atomic E-state index is 10.6. The molecule has 1 N–H and O–H groups in total. The van der Waals surface area contributed by atoms with Crippen molar-refractivity contribution >= 4 is 6.16 Å². The summed E-state index contributed by atoms with van der Waals surface area (Å²) in [7, 11) is 0. The summed E-state index contributed by atoms with van der Waals surface area (Å²) in [6.07, 6.45) is 1.15. The number of hydrogen-bond acceptors (Lipinski definition) is 4. The Morgan fingerprint density at radius 1 is 1.36 bits per heavy atom. The van der Waals surface area contributed by atoms with Gasteiger partial charge in [0.15, 0.2) is 0 Å². The summed E-state index contributed by atoms with van der Waals surface area (Å²) in [6, 6.07) is 0. The van der Waals surface area contributed by atoms with Gasteiger partial charge in [-0.25, -0.2) is 4.79 Å². The maximum Gasteiger partial charge on any atom is 0.508 e. The first-order chi connectivity index (χ1) is 5.29. The fourth-order valence-corrected chi connectivity index (χ4v) is 0.927. The lowest BCUT2D eigenvalue weighted by Crippen LogP contribution is -2.17. The van der Waals surface area contributed by atoms with E-state index in [2.05, 4.69) is 9.47 Å². The molecule has 0 aromatic heterocycles. The van der Waals surface area contributed by atoms with Crippen molar-refractivity contribution in [1.29, 1.82) is 0 Å². The molecule has 0 amide bonds. The van der Waals surface area contributed by atoms with Gasteiger partial charge in [-0.1, -0.05) is 0 Å². The maximum atomic E-state index is 10.6. The number of carbonyl (C=O) groups is 1. The predicted molar refractivity (Wildman–Crippen MR) is 37.2 cm³/mol. The molecule has 4 heteroatoms. The van der Waals surface area contributed by atoms with Crippen LogP contribution in [0.3, 0.4) is 0 Å². The van der Waals surface area contributed by atoms with E-state index in [4.69, 9.17) is 5.11 Å². The molecule has 4 nitrogen and oxygen atoms in total. The lowest BCUT2D eigenvalue weighted by molar-refractivity contribution is 0.0251. The Balaban J connectivity index is 2.31. The number of rotatable bonds is 0. The smallest absolute Gasteiger partial charge is 0.434 e. The minimum Gasteiger partial charge on any atom is -0.434 e. The highest BCUT2D eigenvalue weighted by Gasteiger charge is 2.11. The fraction of sp³-hybridized carbons (Fsp3) is 0.857. The molecule has 1 aliphatic rings. The molecule has 1 fully saturated rings. The van der Waals surface area contributed by atoms with E-state index in [0.29, 0.717) is 13.0 Å². The molecule has 1 unspecified atom stereocenters. The first-order valence-electron chi connectivity index (χ1n) is 3.76. The summed E-state index contributed by atoms with van der Waals surface area (Å²) in [5.41, 5.74) is 0. The highest BCUT2D eigenvalue weighted by molar-refractivity contribution is 5.59. The van der Waals surface area contributed by atoms with Crippen LogP contribution in [0.4, 0.5) is 4.79 Å². The fourth-order valence-electron chi connectivity index (χ4n) is 0.927. The van der Waals surface area contributed by atoms with E-state index in [9.17, 15) is 4.79 Å². The Morgan fingerprint density at radius 3 is 3.00 bits per heavy atom. The molecular weight excluding hydrogens is 148 g/mol. The van der Waals surface area contributed by atoms with E-state index in [1.807, 2.05) is 0 Å². The van der Waals surface area contributed by atoms with Crippen LogP contribution in [0.2, 0.25) is 0 Å². The monoisotopic (exact) mass is 160 g/mol. The second-order valence-electron chi connectivity index (χ2n) is 2.56. The van der Waals surface area contributed by atoms with Crippen LogP contribution in [0, 0.1) is 0 Å². The van der Waals surface area contributed by atoms with Gasteiger partial charge in [-0.05, 0) is 19.3 Å². The Morgan fingerprint density at radius 2 is 2.18 bits per heavy atom. The first kappa shape index (κ1) is 8.33. The van der Waals surface area contributed by atoms with Crippen LogP contribution < -0.4 is 0 Å². The molecule has 11 heavy (non-hydrogen) atoms. The van der Waals surface area contributed by atoms with Crippen LogP contribution in [0.1, 0.15) is 19.3 Å². The summed E-state index contributed by atoms with van der Waals surface area (Å²) in [5, 5.41) is 9.12. The molecular formula is C7H12O4. The van der Waals surface area contributed by atoms with Crippen molar-refractivity contribution in [2.45, 2.75) is 25.4 Å². The van der Waals surface area contributed by atoms with Gasteiger partial charge in [0.25, 0.3) is 0 Å². The summed E-state index contributed by atoms with van der Waals surface area (Å²) in [6.45, 7) is 0.449. The van der Waals surface area contributed by atoms with Crippen molar-refractivity contribution < 1.29 is 19.4 Å². The normalized spacial score (nSPS) is 27.4. The highest BCUT2D eigenvalue weighted by atomic mass is 16.7. The summed E-state index contributed by atoms with van der Waals surface area (Å²) in [5.74, 6) is 0. The van der Waals surface area contributed by atoms with Crippen LogP contribution in [-0.2, 0) is 9.47 Å². The molecule has 0 spiro atoms. The topological polar surface area (TPSA) is 55.8 Å². The van der Waals surface area contributed by atoms with Gasteiger partial charge in [0, 0.05) is 0 Å². The van der Waals surface area contributed by atoms with E-state index in [0.717, 1.165) is 12.8 Å². The molecule has 1 heterocycles.